The number of aromatic nitrogens is 3. The Bertz CT molecular complexity index is 517. The largest absolute Gasteiger partial charge is 0.294 e. The van der Waals surface area contributed by atoms with E-state index >= 15 is 0 Å². The standard InChI is InChI=1S/C13H15N3O/c1-3-12-11(9-16(2)15-12)13(17)8-10-4-6-14-7-5-10/h4-7,9H,3,8H2,1-2H3. The van der Waals surface area contributed by atoms with Crippen LogP contribution in [0.1, 0.15) is 28.5 Å². The molecule has 4 heteroatoms. The van der Waals surface area contributed by atoms with Crippen molar-refractivity contribution in [3.63, 3.8) is 0 Å². The minimum Gasteiger partial charge on any atom is -0.294 e. The number of nitrogens with zero attached hydrogens (tertiary/aromatic N) is 3. The first-order chi connectivity index (χ1) is 8.20. The third-order valence-corrected chi connectivity index (χ3v) is 2.65. The first-order valence-electron chi connectivity index (χ1n) is 5.65. The van der Waals surface area contributed by atoms with Crippen molar-refractivity contribution in [1.82, 2.24) is 14.8 Å². The summed E-state index contributed by atoms with van der Waals surface area (Å²) in [5.74, 6) is 0.112. The van der Waals surface area contributed by atoms with Crippen molar-refractivity contribution in [2.75, 3.05) is 0 Å². The zero-order valence-corrected chi connectivity index (χ0v) is 10.1. The van der Waals surface area contributed by atoms with E-state index in [1.807, 2.05) is 26.1 Å². The summed E-state index contributed by atoms with van der Waals surface area (Å²) in [5, 5.41) is 4.28. The highest BCUT2D eigenvalue weighted by Gasteiger charge is 2.14. The molecule has 17 heavy (non-hydrogen) atoms. The molecule has 0 spiro atoms. The number of aryl methyl sites for hydroxylation is 2. The number of rotatable bonds is 4. The van der Waals surface area contributed by atoms with Gasteiger partial charge in [0.15, 0.2) is 5.78 Å². The highest BCUT2D eigenvalue weighted by atomic mass is 16.1. The lowest BCUT2D eigenvalue weighted by atomic mass is 10.0. The molecular weight excluding hydrogens is 214 g/mol. The van der Waals surface area contributed by atoms with E-state index in [1.165, 1.54) is 0 Å². The fourth-order valence-corrected chi connectivity index (χ4v) is 1.81. The van der Waals surface area contributed by atoms with Crippen molar-refractivity contribution in [3.8, 4) is 0 Å². The Hall–Kier alpha value is -1.97. The van der Waals surface area contributed by atoms with Crippen LogP contribution in [0.2, 0.25) is 0 Å². The smallest absolute Gasteiger partial charge is 0.170 e. The van der Waals surface area contributed by atoms with E-state index in [0.717, 1.165) is 23.2 Å². The maximum Gasteiger partial charge on any atom is 0.170 e. The zero-order valence-electron chi connectivity index (χ0n) is 10.1. The van der Waals surface area contributed by atoms with E-state index < -0.39 is 0 Å². The van der Waals surface area contributed by atoms with Crippen molar-refractivity contribution in [2.24, 2.45) is 7.05 Å². The van der Waals surface area contributed by atoms with Crippen LogP contribution >= 0.6 is 0 Å². The lowest BCUT2D eigenvalue weighted by molar-refractivity contribution is 0.0992. The number of carbonyl (C=O) groups excluding carboxylic acids is 1. The van der Waals surface area contributed by atoms with Crippen LogP contribution in [0.5, 0.6) is 0 Å². The Morgan fingerprint density at radius 3 is 2.71 bits per heavy atom. The molecule has 88 valence electrons. The topological polar surface area (TPSA) is 47.8 Å². The summed E-state index contributed by atoms with van der Waals surface area (Å²) in [6, 6.07) is 3.72. The molecule has 0 aliphatic heterocycles. The van der Waals surface area contributed by atoms with Gasteiger partial charge in [0.05, 0.1) is 11.3 Å². The number of Topliss-reactive ketones (excluding diaryl/α,β-unsaturated/α-hetero) is 1. The highest BCUT2D eigenvalue weighted by Crippen LogP contribution is 2.11. The van der Waals surface area contributed by atoms with Crippen LogP contribution in [0.3, 0.4) is 0 Å². The van der Waals surface area contributed by atoms with Gasteiger partial charge >= 0.3 is 0 Å². The van der Waals surface area contributed by atoms with Crippen LogP contribution in [-0.4, -0.2) is 20.5 Å². The molecule has 0 fully saturated rings. The van der Waals surface area contributed by atoms with Gasteiger partial charge < -0.3 is 0 Å². The third kappa shape index (κ3) is 2.58. The van der Waals surface area contributed by atoms with E-state index in [2.05, 4.69) is 10.1 Å². The van der Waals surface area contributed by atoms with E-state index in [-0.39, 0.29) is 5.78 Å². The van der Waals surface area contributed by atoms with Gasteiger partial charge in [-0.25, -0.2) is 0 Å². The van der Waals surface area contributed by atoms with E-state index in [4.69, 9.17) is 0 Å². The molecule has 0 saturated carbocycles. The van der Waals surface area contributed by atoms with Gasteiger partial charge in [-0.1, -0.05) is 6.92 Å². The highest BCUT2D eigenvalue weighted by molar-refractivity contribution is 5.98. The van der Waals surface area contributed by atoms with E-state index in [0.29, 0.717) is 6.42 Å². The summed E-state index contributed by atoms with van der Waals surface area (Å²) in [7, 11) is 1.84. The second-order valence-electron chi connectivity index (χ2n) is 3.97. The zero-order chi connectivity index (χ0) is 12.3. The molecule has 0 aliphatic carbocycles. The molecule has 2 aromatic rings. The van der Waals surface area contributed by atoms with Crippen LogP contribution in [0.4, 0.5) is 0 Å². The van der Waals surface area contributed by atoms with E-state index in [1.54, 1.807) is 23.3 Å². The first kappa shape index (κ1) is 11.5. The van der Waals surface area contributed by atoms with E-state index in [9.17, 15) is 4.79 Å². The summed E-state index contributed by atoms with van der Waals surface area (Å²) < 4.78 is 1.69. The molecule has 0 saturated heterocycles. The minimum atomic E-state index is 0.112. The second-order valence-corrected chi connectivity index (χ2v) is 3.97. The maximum atomic E-state index is 12.1. The summed E-state index contributed by atoms with van der Waals surface area (Å²) in [4.78, 5) is 16.1. The van der Waals surface area contributed by atoms with Gasteiger partial charge in [0.1, 0.15) is 0 Å². The Kier molecular flexibility index (Phi) is 3.32. The molecule has 0 aromatic carbocycles. The molecule has 0 atom stereocenters. The normalized spacial score (nSPS) is 10.5. The van der Waals surface area contributed by atoms with Crippen LogP contribution in [0, 0.1) is 0 Å². The minimum absolute atomic E-state index is 0.112. The van der Waals surface area contributed by atoms with Crippen molar-refractivity contribution in [1.29, 1.82) is 0 Å². The van der Waals surface area contributed by atoms with Gasteiger partial charge in [-0.3, -0.25) is 14.5 Å². The molecule has 0 unspecified atom stereocenters. The lowest BCUT2D eigenvalue weighted by Crippen LogP contribution is -2.05. The number of carbonyl (C=O) groups is 1. The number of hydrogen-bond acceptors (Lipinski definition) is 3. The molecule has 2 heterocycles. The molecule has 2 aromatic heterocycles. The summed E-state index contributed by atoms with van der Waals surface area (Å²) in [6.45, 7) is 2.01. The average Bonchev–Trinajstić information content (AvgIpc) is 2.72. The average molecular weight is 229 g/mol. The van der Waals surface area contributed by atoms with Crippen molar-refractivity contribution in [2.45, 2.75) is 19.8 Å². The quantitative estimate of drug-likeness (QED) is 0.751. The molecule has 0 bridgehead atoms. The molecule has 0 N–H and O–H groups in total. The van der Waals surface area contributed by atoms with Crippen LogP contribution in [0.25, 0.3) is 0 Å². The molecule has 2 rings (SSSR count). The van der Waals surface area contributed by atoms with Gasteiger partial charge in [-0.15, -0.1) is 0 Å². The van der Waals surface area contributed by atoms with Gasteiger partial charge in [0.2, 0.25) is 0 Å². The summed E-state index contributed by atoms with van der Waals surface area (Å²) >= 11 is 0. The van der Waals surface area contributed by atoms with Gasteiger partial charge in [-0.2, -0.15) is 5.10 Å². The molecule has 0 amide bonds. The molecular formula is C13H15N3O. The van der Waals surface area contributed by atoms with Crippen LogP contribution in [-0.2, 0) is 19.9 Å². The predicted molar refractivity (Wildman–Crippen MR) is 64.9 cm³/mol. The second kappa shape index (κ2) is 4.91. The Balaban J connectivity index is 2.20. The molecule has 4 nitrogen and oxygen atoms in total. The predicted octanol–water partition coefficient (Wildman–Crippen LogP) is 1.80. The lowest BCUT2D eigenvalue weighted by Gasteiger charge is -2.00. The Morgan fingerprint density at radius 1 is 1.35 bits per heavy atom. The number of ketones is 1. The molecule has 0 radical (unpaired) electrons. The van der Waals surface area contributed by atoms with Crippen LogP contribution in [0.15, 0.2) is 30.7 Å². The van der Waals surface area contributed by atoms with Gasteiger partial charge in [0.25, 0.3) is 0 Å². The summed E-state index contributed by atoms with van der Waals surface area (Å²) in [6.07, 6.45) is 6.38. The SMILES string of the molecule is CCc1nn(C)cc1C(=O)Cc1ccncc1. The Morgan fingerprint density at radius 2 is 2.06 bits per heavy atom. The van der Waals surface area contributed by atoms with Crippen LogP contribution < -0.4 is 0 Å². The number of pyridine rings is 1. The van der Waals surface area contributed by atoms with Gasteiger partial charge in [-0.05, 0) is 24.1 Å². The molecule has 0 aliphatic rings. The summed E-state index contributed by atoms with van der Waals surface area (Å²) in [5.41, 5.74) is 2.58. The monoisotopic (exact) mass is 229 g/mol. The van der Waals surface area contributed by atoms with Crippen molar-refractivity contribution in [3.05, 3.63) is 47.5 Å². The fraction of sp³-hybridized carbons (Fsp3) is 0.308. The fourth-order valence-electron chi connectivity index (χ4n) is 1.81. The Labute approximate surface area is 100 Å². The number of hydrogen-bond donors (Lipinski definition) is 0. The maximum absolute atomic E-state index is 12.1. The first-order valence-corrected chi connectivity index (χ1v) is 5.65. The van der Waals surface area contributed by atoms with Gasteiger partial charge in [0, 0.05) is 32.1 Å². The van der Waals surface area contributed by atoms with Crippen molar-refractivity contribution >= 4 is 5.78 Å². The van der Waals surface area contributed by atoms with Crippen molar-refractivity contribution < 1.29 is 4.79 Å². The third-order valence-electron chi connectivity index (χ3n) is 2.65.